The maximum absolute atomic E-state index is 4.55. The van der Waals surface area contributed by atoms with Gasteiger partial charge in [-0.1, -0.05) is 31.4 Å². The summed E-state index contributed by atoms with van der Waals surface area (Å²) >= 11 is 3.59. The number of hydrogen-bond acceptors (Lipinski definition) is 8. The van der Waals surface area contributed by atoms with E-state index >= 15 is 0 Å². The minimum absolute atomic E-state index is 0.267. The lowest BCUT2D eigenvalue weighted by molar-refractivity contribution is 0.115. The van der Waals surface area contributed by atoms with E-state index in [9.17, 15) is 0 Å². The van der Waals surface area contributed by atoms with Crippen molar-refractivity contribution in [3.8, 4) is 0 Å². The Hall–Kier alpha value is -2.23. The van der Waals surface area contributed by atoms with Gasteiger partial charge in [0.05, 0.1) is 4.21 Å². The van der Waals surface area contributed by atoms with Crippen LogP contribution in [0.3, 0.4) is 0 Å². The summed E-state index contributed by atoms with van der Waals surface area (Å²) in [5.74, 6) is 0. The molecule has 2 aliphatic rings. The molecule has 1 aliphatic carbocycles. The van der Waals surface area contributed by atoms with Gasteiger partial charge in [0, 0.05) is 77.4 Å². The number of nitrogens with zero attached hydrogens (tertiary/aromatic N) is 5. The fraction of sp³-hybridized carbons (Fsp3) is 0.467. The number of fused-ring (bicyclic) bond motifs is 1. The van der Waals surface area contributed by atoms with Crippen molar-refractivity contribution in [3.63, 3.8) is 0 Å². The third-order valence-corrected chi connectivity index (χ3v) is 9.80. The van der Waals surface area contributed by atoms with E-state index in [-0.39, 0.29) is 5.54 Å². The number of anilines is 1. The number of thiophene rings is 1. The Morgan fingerprint density at radius 2 is 1.87 bits per heavy atom. The average molecular weight is 553 g/mol. The molecule has 38 heavy (non-hydrogen) atoms. The average Bonchev–Trinajstić information content (AvgIpc) is 3.27. The minimum Gasteiger partial charge on any atom is -0.362 e. The summed E-state index contributed by atoms with van der Waals surface area (Å²) in [5.41, 5.74) is 7.88. The highest BCUT2D eigenvalue weighted by molar-refractivity contribution is 7.99. The van der Waals surface area contributed by atoms with Gasteiger partial charge in [0.2, 0.25) is 0 Å². The first-order chi connectivity index (χ1) is 18.0. The van der Waals surface area contributed by atoms with Gasteiger partial charge in [0.15, 0.2) is 0 Å². The lowest BCUT2D eigenvalue weighted by Gasteiger charge is -2.27. The van der Waals surface area contributed by atoms with Crippen LogP contribution in [0.1, 0.15) is 48.9 Å². The topological polar surface area (TPSA) is 28.2 Å². The predicted octanol–water partition coefficient (Wildman–Crippen LogP) is 6.21. The molecule has 0 bridgehead atoms. The van der Waals surface area contributed by atoms with Crippen molar-refractivity contribution in [3.05, 3.63) is 77.7 Å². The molecular weight excluding hydrogens is 509 g/mol. The van der Waals surface area contributed by atoms with E-state index in [4.69, 9.17) is 0 Å². The summed E-state index contributed by atoms with van der Waals surface area (Å²) in [5, 5.41) is 5.36. The van der Waals surface area contributed by atoms with Gasteiger partial charge in [-0.3, -0.25) is 9.62 Å². The molecule has 1 aromatic carbocycles. The summed E-state index contributed by atoms with van der Waals surface area (Å²) in [6.45, 7) is 16.8. The first-order valence-corrected chi connectivity index (χ1v) is 14.9. The zero-order chi connectivity index (χ0) is 27.6. The molecule has 0 spiro atoms. The molecule has 1 aliphatic heterocycles. The molecule has 1 aromatic heterocycles. The van der Waals surface area contributed by atoms with Crippen molar-refractivity contribution in [1.29, 1.82) is 0 Å². The molecular formula is C30H44N6S2. The minimum atomic E-state index is 0.267. The molecule has 0 amide bonds. The maximum Gasteiger partial charge on any atom is 0.102 e. The molecule has 8 heteroatoms. The van der Waals surface area contributed by atoms with Crippen LogP contribution >= 0.6 is 23.3 Å². The van der Waals surface area contributed by atoms with Crippen LogP contribution < -0.4 is 9.62 Å². The van der Waals surface area contributed by atoms with E-state index in [1.807, 2.05) is 31.6 Å². The Bertz CT molecular complexity index is 1200. The standard InChI is InChI=1S/C30H44N6S2/c1-10-36(18-22(2)17-35(9)32(5)6)23(3)27-16-28(38-31-30(4)13-14-30)37-29(27)34(8)19-24-11-12-25-20-33(7)21-26(25)15-24/h10-12,15-17,31H,1,3,13-14,18-21H2,2,4-9H3/b22-17+. The Kier molecular flexibility index (Phi) is 9.00. The Labute approximate surface area is 238 Å². The van der Waals surface area contributed by atoms with Gasteiger partial charge >= 0.3 is 0 Å². The SMILES string of the molecule is C=CN(C/C(C)=C/N(C)N(C)C)C(=C)c1cc(SNC2(C)CC2)sc1N(C)Cc1ccc2c(c1)CN(C)C2. The molecule has 0 saturated heterocycles. The van der Waals surface area contributed by atoms with E-state index in [2.05, 4.69) is 108 Å². The van der Waals surface area contributed by atoms with E-state index in [0.717, 1.165) is 37.4 Å². The quantitative estimate of drug-likeness (QED) is 0.233. The van der Waals surface area contributed by atoms with Crippen molar-refractivity contribution in [1.82, 2.24) is 24.5 Å². The molecule has 0 atom stereocenters. The normalized spacial score (nSPS) is 16.5. The molecule has 0 unspecified atom stereocenters. The lowest BCUT2D eigenvalue weighted by Crippen LogP contribution is -2.29. The number of hydrogen-bond donors (Lipinski definition) is 1. The molecule has 2 aromatic rings. The molecule has 2 heterocycles. The molecule has 0 radical (unpaired) electrons. The highest BCUT2D eigenvalue weighted by Gasteiger charge is 2.37. The molecule has 1 N–H and O–H groups in total. The third-order valence-electron chi connectivity index (χ3n) is 7.34. The van der Waals surface area contributed by atoms with Gasteiger partial charge in [-0.15, -0.1) is 11.3 Å². The third kappa shape index (κ3) is 7.04. The molecule has 6 nitrogen and oxygen atoms in total. The number of benzene rings is 1. The van der Waals surface area contributed by atoms with Crippen LogP contribution in [0.15, 0.2) is 59.6 Å². The van der Waals surface area contributed by atoms with Gasteiger partial charge in [0.1, 0.15) is 5.00 Å². The smallest absolute Gasteiger partial charge is 0.102 e. The summed E-state index contributed by atoms with van der Waals surface area (Å²) < 4.78 is 4.94. The van der Waals surface area contributed by atoms with Gasteiger partial charge in [-0.05, 0) is 80.2 Å². The summed E-state index contributed by atoms with van der Waals surface area (Å²) in [6, 6.07) is 9.26. The molecule has 4 rings (SSSR count). The Morgan fingerprint density at radius 1 is 1.16 bits per heavy atom. The van der Waals surface area contributed by atoms with Crippen molar-refractivity contribution in [2.45, 2.75) is 56.1 Å². The van der Waals surface area contributed by atoms with E-state index in [1.165, 1.54) is 44.3 Å². The first-order valence-electron chi connectivity index (χ1n) is 13.2. The highest BCUT2D eigenvalue weighted by atomic mass is 32.2. The second-order valence-corrected chi connectivity index (χ2v) is 13.5. The summed E-state index contributed by atoms with van der Waals surface area (Å²) in [7, 11) is 10.5. The van der Waals surface area contributed by atoms with E-state index in [0.29, 0.717) is 0 Å². The molecule has 206 valence electrons. The summed E-state index contributed by atoms with van der Waals surface area (Å²) in [4.78, 5) is 6.90. The van der Waals surface area contributed by atoms with Crippen LogP contribution in [-0.4, -0.2) is 67.1 Å². The Morgan fingerprint density at radius 3 is 2.53 bits per heavy atom. The fourth-order valence-electron chi connectivity index (χ4n) is 4.59. The van der Waals surface area contributed by atoms with Crippen LogP contribution in [0.2, 0.25) is 0 Å². The van der Waals surface area contributed by atoms with Crippen molar-refractivity contribution in [2.75, 3.05) is 46.7 Å². The van der Waals surface area contributed by atoms with Crippen molar-refractivity contribution >= 4 is 34.0 Å². The largest absolute Gasteiger partial charge is 0.362 e. The fourth-order valence-corrected chi connectivity index (χ4v) is 6.72. The molecule has 1 saturated carbocycles. The van der Waals surface area contributed by atoms with Gasteiger partial charge in [0.25, 0.3) is 0 Å². The van der Waals surface area contributed by atoms with Crippen molar-refractivity contribution < 1.29 is 0 Å². The van der Waals surface area contributed by atoms with Crippen LogP contribution in [0.4, 0.5) is 5.00 Å². The number of rotatable bonds is 13. The summed E-state index contributed by atoms with van der Waals surface area (Å²) in [6.07, 6.45) is 6.52. The van der Waals surface area contributed by atoms with E-state index in [1.54, 1.807) is 11.9 Å². The highest BCUT2D eigenvalue weighted by Crippen LogP contribution is 2.44. The zero-order valence-electron chi connectivity index (χ0n) is 24.2. The predicted molar refractivity (Wildman–Crippen MR) is 166 cm³/mol. The second-order valence-electron chi connectivity index (χ2n) is 11.3. The van der Waals surface area contributed by atoms with Gasteiger partial charge in [-0.2, -0.15) is 0 Å². The van der Waals surface area contributed by atoms with Gasteiger partial charge in [-0.25, -0.2) is 5.01 Å². The van der Waals surface area contributed by atoms with E-state index < -0.39 is 0 Å². The van der Waals surface area contributed by atoms with Crippen LogP contribution in [0.5, 0.6) is 0 Å². The maximum atomic E-state index is 4.55. The molecule has 1 fully saturated rings. The first kappa shape index (κ1) is 28.8. The number of hydrazine groups is 1. The zero-order valence-corrected chi connectivity index (χ0v) is 25.8. The lowest BCUT2D eigenvalue weighted by atomic mass is 10.1. The second kappa shape index (κ2) is 11.9. The Balaban J connectivity index is 1.57. The van der Waals surface area contributed by atoms with Gasteiger partial charge < -0.3 is 14.8 Å². The monoisotopic (exact) mass is 552 g/mol. The van der Waals surface area contributed by atoms with Crippen LogP contribution in [0.25, 0.3) is 5.70 Å². The van der Waals surface area contributed by atoms with Crippen LogP contribution in [-0.2, 0) is 19.6 Å². The van der Waals surface area contributed by atoms with Crippen molar-refractivity contribution in [2.24, 2.45) is 0 Å². The van der Waals surface area contributed by atoms with Crippen LogP contribution in [0, 0.1) is 0 Å². The number of nitrogens with one attached hydrogen (secondary N) is 1.